The quantitative estimate of drug-likeness (QED) is 0.749. The molecule has 122 valence electrons. The van der Waals surface area contributed by atoms with E-state index in [0.717, 1.165) is 50.5 Å². The maximum Gasteiger partial charge on any atom is 0.161 e. The van der Waals surface area contributed by atoms with Crippen LogP contribution in [0.3, 0.4) is 0 Å². The van der Waals surface area contributed by atoms with Crippen LogP contribution in [0.5, 0.6) is 11.5 Å². The summed E-state index contributed by atoms with van der Waals surface area (Å²) in [5.74, 6) is 1.63. The van der Waals surface area contributed by atoms with Crippen molar-refractivity contribution in [2.75, 3.05) is 39.9 Å². The molecule has 1 aromatic rings. The van der Waals surface area contributed by atoms with E-state index in [1.165, 1.54) is 5.56 Å². The molecule has 22 heavy (non-hydrogen) atoms. The van der Waals surface area contributed by atoms with E-state index < -0.39 is 0 Å². The molecule has 4 nitrogen and oxygen atoms in total. The van der Waals surface area contributed by atoms with Crippen LogP contribution in [0.2, 0.25) is 0 Å². The van der Waals surface area contributed by atoms with E-state index in [-0.39, 0.29) is 0 Å². The number of allylic oxidation sites excluding steroid dienone is 1. The molecule has 0 bridgehead atoms. The Morgan fingerprint density at radius 1 is 1.32 bits per heavy atom. The predicted octanol–water partition coefficient (Wildman–Crippen LogP) is 3.01. The minimum atomic E-state index is 0.407. The van der Waals surface area contributed by atoms with Crippen molar-refractivity contribution in [1.82, 2.24) is 10.2 Å². The van der Waals surface area contributed by atoms with Crippen LogP contribution < -0.4 is 14.8 Å². The number of benzene rings is 1. The Hall–Kier alpha value is -1.52. The Morgan fingerprint density at radius 3 is 2.73 bits per heavy atom. The van der Waals surface area contributed by atoms with Crippen LogP contribution in [0.15, 0.2) is 30.9 Å². The van der Waals surface area contributed by atoms with E-state index in [4.69, 9.17) is 9.47 Å². The predicted molar refractivity (Wildman–Crippen MR) is 90.8 cm³/mol. The third-order valence-corrected chi connectivity index (χ3v) is 4.11. The number of rotatable bonds is 8. The fraction of sp³-hybridized carbons (Fsp3) is 0.556. The van der Waals surface area contributed by atoms with Gasteiger partial charge in [0.25, 0.3) is 0 Å². The smallest absolute Gasteiger partial charge is 0.161 e. The highest BCUT2D eigenvalue weighted by atomic mass is 16.5. The highest BCUT2D eigenvalue weighted by Crippen LogP contribution is 2.34. The first-order chi connectivity index (χ1) is 10.8. The van der Waals surface area contributed by atoms with Crippen LogP contribution in [0.1, 0.15) is 31.4 Å². The van der Waals surface area contributed by atoms with Crippen LogP contribution in [0, 0.1) is 0 Å². The van der Waals surface area contributed by atoms with Crippen molar-refractivity contribution < 1.29 is 9.47 Å². The van der Waals surface area contributed by atoms with Crippen LogP contribution in [-0.4, -0.2) is 44.8 Å². The molecular weight excluding hydrogens is 276 g/mol. The second-order valence-corrected chi connectivity index (χ2v) is 5.51. The number of piperazine rings is 1. The maximum absolute atomic E-state index is 5.62. The lowest BCUT2D eigenvalue weighted by molar-refractivity contribution is 0.166. The largest absolute Gasteiger partial charge is 0.493 e. The van der Waals surface area contributed by atoms with Gasteiger partial charge in [-0.1, -0.05) is 12.1 Å². The van der Waals surface area contributed by atoms with Gasteiger partial charge in [-0.3, -0.25) is 4.90 Å². The van der Waals surface area contributed by atoms with Gasteiger partial charge in [0, 0.05) is 32.2 Å². The molecule has 1 aliphatic rings. The number of ether oxygens (including phenoxy) is 2. The standard InChI is InChI=1S/C18H28N2O2/c1-4-6-7-16(20-12-10-19-11-13-20)15-8-9-17(22-5-2)18(14-15)21-3/h4,8-9,14,16,19H,1,5-7,10-13H2,2-3H3/t16-/m1/s1. The third-order valence-electron chi connectivity index (χ3n) is 4.11. The lowest BCUT2D eigenvalue weighted by Gasteiger charge is -2.35. The normalized spacial score (nSPS) is 17.0. The highest BCUT2D eigenvalue weighted by Gasteiger charge is 2.22. The monoisotopic (exact) mass is 304 g/mol. The van der Waals surface area contributed by atoms with Crippen molar-refractivity contribution in [2.45, 2.75) is 25.8 Å². The van der Waals surface area contributed by atoms with Gasteiger partial charge >= 0.3 is 0 Å². The van der Waals surface area contributed by atoms with Gasteiger partial charge in [-0.25, -0.2) is 0 Å². The minimum Gasteiger partial charge on any atom is -0.493 e. The molecule has 1 heterocycles. The Balaban J connectivity index is 2.23. The average Bonchev–Trinajstić information content (AvgIpc) is 2.57. The van der Waals surface area contributed by atoms with Gasteiger partial charge in [0.1, 0.15) is 0 Å². The van der Waals surface area contributed by atoms with E-state index in [2.05, 4.69) is 28.9 Å². The molecule has 0 radical (unpaired) electrons. The second kappa shape index (κ2) is 8.81. The zero-order chi connectivity index (χ0) is 15.8. The Labute approximate surface area is 134 Å². The maximum atomic E-state index is 5.62. The van der Waals surface area contributed by atoms with Crippen LogP contribution in [0.4, 0.5) is 0 Å². The summed E-state index contributed by atoms with van der Waals surface area (Å²) in [4.78, 5) is 2.55. The molecule has 2 rings (SSSR count). The van der Waals surface area contributed by atoms with E-state index in [0.29, 0.717) is 12.6 Å². The third kappa shape index (κ3) is 4.24. The van der Waals surface area contributed by atoms with Crippen molar-refractivity contribution in [3.05, 3.63) is 36.4 Å². The van der Waals surface area contributed by atoms with Crippen LogP contribution in [0.25, 0.3) is 0 Å². The molecule has 1 fully saturated rings. The lowest BCUT2D eigenvalue weighted by atomic mass is 9.99. The molecule has 1 aliphatic heterocycles. The molecular formula is C18H28N2O2. The number of hydrogen-bond donors (Lipinski definition) is 1. The first kappa shape index (κ1) is 16.8. The van der Waals surface area contributed by atoms with Gasteiger partial charge in [-0.05, 0) is 37.5 Å². The van der Waals surface area contributed by atoms with Crippen molar-refractivity contribution >= 4 is 0 Å². The first-order valence-corrected chi connectivity index (χ1v) is 8.16. The lowest BCUT2D eigenvalue weighted by Crippen LogP contribution is -2.45. The Bertz CT molecular complexity index is 470. The molecule has 0 aromatic heterocycles. The molecule has 1 saturated heterocycles. The van der Waals surface area contributed by atoms with Gasteiger partial charge in [-0.15, -0.1) is 6.58 Å². The van der Waals surface area contributed by atoms with Crippen molar-refractivity contribution in [3.8, 4) is 11.5 Å². The zero-order valence-electron chi connectivity index (χ0n) is 13.8. The molecule has 1 aromatic carbocycles. The summed E-state index contributed by atoms with van der Waals surface area (Å²) in [7, 11) is 1.70. The zero-order valence-corrected chi connectivity index (χ0v) is 13.8. The van der Waals surface area contributed by atoms with E-state index in [9.17, 15) is 0 Å². The van der Waals surface area contributed by atoms with Gasteiger partial charge in [0.2, 0.25) is 0 Å². The molecule has 0 aliphatic carbocycles. The average molecular weight is 304 g/mol. The Kier molecular flexibility index (Phi) is 6.74. The summed E-state index contributed by atoms with van der Waals surface area (Å²) in [6.07, 6.45) is 4.10. The van der Waals surface area contributed by atoms with Crippen LogP contribution >= 0.6 is 0 Å². The Morgan fingerprint density at radius 2 is 2.09 bits per heavy atom. The highest BCUT2D eigenvalue weighted by molar-refractivity contribution is 5.44. The van der Waals surface area contributed by atoms with E-state index >= 15 is 0 Å². The van der Waals surface area contributed by atoms with E-state index in [1.807, 2.05) is 19.1 Å². The molecule has 4 heteroatoms. The summed E-state index contributed by atoms with van der Waals surface area (Å²) in [6.45, 7) is 10.8. The number of methoxy groups -OCH3 is 1. The van der Waals surface area contributed by atoms with Crippen molar-refractivity contribution in [1.29, 1.82) is 0 Å². The summed E-state index contributed by atoms with van der Waals surface area (Å²) in [6, 6.07) is 6.73. The van der Waals surface area contributed by atoms with Gasteiger partial charge < -0.3 is 14.8 Å². The molecule has 0 spiro atoms. The second-order valence-electron chi connectivity index (χ2n) is 5.51. The van der Waals surface area contributed by atoms with Crippen molar-refractivity contribution in [3.63, 3.8) is 0 Å². The molecule has 1 atom stereocenters. The van der Waals surface area contributed by atoms with E-state index in [1.54, 1.807) is 7.11 Å². The number of hydrogen-bond acceptors (Lipinski definition) is 4. The summed E-state index contributed by atoms with van der Waals surface area (Å²) in [5, 5.41) is 3.42. The number of nitrogens with one attached hydrogen (secondary N) is 1. The van der Waals surface area contributed by atoms with Crippen LogP contribution in [-0.2, 0) is 0 Å². The molecule has 1 N–H and O–H groups in total. The van der Waals surface area contributed by atoms with Gasteiger partial charge in [-0.2, -0.15) is 0 Å². The SMILES string of the molecule is C=CCC[C@H](c1ccc(OCC)c(OC)c1)N1CCNCC1. The fourth-order valence-electron chi connectivity index (χ4n) is 3.00. The van der Waals surface area contributed by atoms with Crippen molar-refractivity contribution in [2.24, 2.45) is 0 Å². The summed E-state index contributed by atoms with van der Waals surface area (Å²) < 4.78 is 11.1. The van der Waals surface area contributed by atoms with Gasteiger partial charge in [0.15, 0.2) is 11.5 Å². The summed E-state index contributed by atoms with van der Waals surface area (Å²) in [5.41, 5.74) is 1.30. The topological polar surface area (TPSA) is 33.7 Å². The van der Waals surface area contributed by atoms with Gasteiger partial charge in [0.05, 0.1) is 13.7 Å². The molecule has 0 saturated carbocycles. The first-order valence-electron chi connectivity index (χ1n) is 8.16. The minimum absolute atomic E-state index is 0.407. The fourth-order valence-corrected chi connectivity index (χ4v) is 3.00. The number of nitrogens with zero attached hydrogens (tertiary/aromatic N) is 1. The molecule has 0 unspecified atom stereocenters. The summed E-state index contributed by atoms with van der Waals surface area (Å²) >= 11 is 0. The molecule has 0 amide bonds.